The smallest absolute Gasteiger partial charge is 0.248 e. The van der Waals surface area contributed by atoms with Crippen LogP contribution >= 0.6 is 0 Å². The van der Waals surface area contributed by atoms with E-state index in [0.29, 0.717) is 18.7 Å². The minimum Gasteiger partial charge on any atom is -0.391 e. The molecule has 2 rings (SSSR count). The summed E-state index contributed by atoms with van der Waals surface area (Å²) in [6, 6.07) is 7.26. The van der Waals surface area contributed by atoms with Crippen LogP contribution in [0.5, 0.6) is 0 Å². The largest absolute Gasteiger partial charge is 0.391 e. The first kappa shape index (κ1) is 13.0. The molecule has 0 radical (unpaired) electrons. The van der Waals surface area contributed by atoms with Crippen molar-refractivity contribution in [2.24, 2.45) is 11.7 Å². The number of hydrogen-bond acceptors (Lipinski definition) is 4. The van der Waals surface area contributed by atoms with E-state index in [9.17, 15) is 9.90 Å². The lowest BCUT2D eigenvalue weighted by molar-refractivity contribution is 0.1000. The second-order valence-electron chi connectivity index (χ2n) is 4.68. The van der Waals surface area contributed by atoms with E-state index >= 15 is 0 Å². The highest BCUT2D eigenvalue weighted by atomic mass is 16.3. The fraction of sp³-hybridized carbons (Fsp3) is 0.462. The lowest BCUT2D eigenvalue weighted by Gasteiger charge is -2.14. The molecule has 98 valence electrons. The van der Waals surface area contributed by atoms with Crippen LogP contribution in [-0.2, 0) is 6.54 Å². The molecule has 1 aromatic rings. The maximum Gasteiger partial charge on any atom is 0.248 e. The van der Waals surface area contributed by atoms with Crippen molar-refractivity contribution in [1.29, 1.82) is 0 Å². The fourth-order valence-corrected chi connectivity index (χ4v) is 2.16. The number of β-amino-alcohol motifs (C(OH)–C–C–N with tert-alkyl or cyclic N) is 1. The fourth-order valence-electron chi connectivity index (χ4n) is 2.16. The molecule has 5 heteroatoms. The van der Waals surface area contributed by atoms with Gasteiger partial charge in [-0.2, -0.15) is 0 Å². The summed E-state index contributed by atoms with van der Waals surface area (Å²) in [6.45, 7) is 2.94. The van der Waals surface area contributed by atoms with Crippen LogP contribution in [0.2, 0.25) is 0 Å². The molecule has 0 saturated carbocycles. The number of hydrogen-bond donors (Lipinski definition) is 4. The Morgan fingerprint density at radius 1 is 1.50 bits per heavy atom. The lowest BCUT2D eigenvalue weighted by atomic mass is 10.1. The Labute approximate surface area is 106 Å². The number of carbonyl (C=O) groups is 1. The van der Waals surface area contributed by atoms with Crippen LogP contribution < -0.4 is 16.4 Å². The Morgan fingerprint density at radius 3 is 3.00 bits per heavy atom. The van der Waals surface area contributed by atoms with Crippen molar-refractivity contribution in [3.05, 3.63) is 35.4 Å². The van der Waals surface area contributed by atoms with E-state index in [-0.39, 0.29) is 12.0 Å². The van der Waals surface area contributed by atoms with Crippen molar-refractivity contribution in [2.45, 2.75) is 12.6 Å². The summed E-state index contributed by atoms with van der Waals surface area (Å²) in [5, 5.41) is 16.1. The van der Waals surface area contributed by atoms with E-state index in [2.05, 4.69) is 10.6 Å². The summed E-state index contributed by atoms with van der Waals surface area (Å²) in [7, 11) is 0. The van der Waals surface area contributed by atoms with E-state index in [1.807, 2.05) is 12.1 Å². The molecule has 1 aliphatic rings. The third kappa shape index (κ3) is 3.29. The van der Waals surface area contributed by atoms with E-state index in [1.165, 1.54) is 0 Å². The second-order valence-corrected chi connectivity index (χ2v) is 4.68. The molecule has 1 amide bonds. The first-order chi connectivity index (χ1) is 8.66. The Balaban J connectivity index is 1.83. The van der Waals surface area contributed by atoms with Crippen molar-refractivity contribution in [3.63, 3.8) is 0 Å². The van der Waals surface area contributed by atoms with Gasteiger partial charge in [0.15, 0.2) is 0 Å². The van der Waals surface area contributed by atoms with Crippen LogP contribution in [0.1, 0.15) is 15.9 Å². The summed E-state index contributed by atoms with van der Waals surface area (Å²) in [4.78, 5) is 11.0. The number of nitrogens with two attached hydrogens (primary N) is 1. The molecule has 0 aromatic heterocycles. The van der Waals surface area contributed by atoms with Gasteiger partial charge in [0.2, 0.25) is 5.91 Å². The molecular formula is C13H19N3O2. The van der Waals surface area contributed by atoms with Gasteiger partial charge < -0.3 is 21.5 Å². The van der Waals surface area contributed by atoms with Crippen molar-refractivity contribution < 1.29 is 9.90 Å². The molecule has 0 aliphatic carbocycles. The van der Waals surface area contributed by atoms with Gasteiger partial charge in [0, 0.05) is 37.7 Å². The van der Waals surface area contributed by atoms with Crippen LogP contribution in [0, 0.1) is 5.92 Å². The highest BCUT2D eigenvalue weighted by Crippen LogP contribution is 2.08. The minimum atomic E-state index is -0.410. The summed E-state index contributed by atoms with van der Waals surface area (Å²) < 4.78 is 0. The Bertz CT molecular complexity index is 422. The molecule has 1 saturated heterocycles. The molecule has 2 unspecified atom stereocenters. The molecular weight excluding hydrogens is 230 g/mol. The molecule has 18 heavy (non-hydrogen) atoms. The van der Waals surface area contributed by atoms with Gasteiger partial charge in [-0.3, -0.25) is 4.79 Å². The van der Waals surface area contributed by atoms with Crippen molar-refractivity contribution in [1.82, 2.24) is 10.6 Å². The first-order valence-corrected chi connectivity index (χ1v) is 6.15. The number of aliphatic hydroxyl groups is 1. The highest BCUT2D eigenvalue weighted by molar-refractivity contribution is 5.92. The van der Waals surface area contributed by atoms with Gasteiger partial charge in [-0.1, -0.05) is 12.1 Å². The zero-order valence-corrected chi connectivity index (χ0v) is 10.2. The van der Waals surface area contributed by atoms with Crippen LogP contribution in [0.25, 0.3) is 0 Å². The molecule has 1 heterocycles. The monoisotopic (exact) mass is 249 g/mol. The Morgan fingerprint density at radius 2 is 2.33 bits per heavy atom. The zero-order chi connectivity index (χ0) is 13.0. The molecule has 5 nitrogen and oxygen atoms in total. The number of amides is 1. The highest BCUT2D eigenvalue weighted by Gasteiger charge is 2.23. The van der Waals surface area contributed by atoms with E-state index < -0.39 is 5.91 Å². The van der Waals surface area contributed by atoms with Crippen LogP contribution in [0.4, 0.5) is 0 Å². The summed E-state index contributed by atoms with van der Waals surface area (Å²) in [5.74, 6) is -0.156. The number of rotatable bonds is 5. The third-order valence-electron chi connectivity index (χ3n) is 3.25. The van der Waals surface area contributed by atoms with E-state index in [0.717, 1.165) is 18.7 Å². The average Bonchev–Trinajstić information content (AvgIpc) is 2.76. The lowest BCUT2D eigenvalue weighted by Crippen LogP contribution is -2.30. The zero-order valence-electron chi connectivity index (χ0n) is 10.2. The topological polar surface area (TPSA) is 87.4 Å². The molecule has 2 atom stereocenters. The second kappa shape index (κ2) is 5.95. The predicted octanol–water partition coefficient (Wildman–Crippen LogP) is -0.545. The molecule has 1 fully saturated rings. The Kier molecular flexibility index (Phi) is 4.30. The SMILES string of the molecule is NC(=O)c1cccc(CNCC2CNCC2O)c1. The van der Waals surface area contributed by atoms with Gasteiger partial charge in [-0.25, -0.2) is 0 Å². The number of aliphatic hydroxyl groups excluding tert-OH is 1. The van der Waals surface area contributed by atoms with E-state index in [4.69, 9.17) is 5.73 Å². The quantitative estimate of drug-likeness (QED) is 0.564. The molecule has 5 N–H and O–H groups in total. The number of benzene rings is 1. The standard InChI is InChI=1S/C13H19N3O2/c14-13(18)10-3-1-2-9(4-10)5-15-6-11-7-16-8-12(11)17/h1-4,11-12,15-17H,5-8H2,(H2,14,18). The Hall–Kier alpha value is -1.43. The average molecular weight is 249 g/mol. The normalized spacial score (nSPS) is 23.2. The van der Waals surface area contributed by atoms with Gasteiger partial charge in [0.25, 0.3) is 0 Å². The van der Waals surface area contributed by atoms with Crippen molar-refractivity contribution in [3.8, 4) is 0 Å². The van der Waals surface area contributed by atoms with E-state index in [1.54, 1.807) is 12.1 Å². The third-order valence-corrected chi connectivity index (χ3v) is 3.25. The molecule has 0 bridgehead atoms. The molecule has 0 spiro atoms. The van der Waals surface area contributed by atoms with Gasteiger partial charge in [0.1, 0.15) is 0 Å². The van der Waals surface area contributed by atoms with Gasteiger partial charge >= 0.3 is 0 Å². The van der Waals surface area contributed by atoms with Crippen molar-refractivity contribution in [2.75, 3.05) is 19.6 Å². The molecule has 1 aromatic carbocycles. The maximum atomic E-state index is 11.0. The molecule has 1 aliphatic heterocycles. The number of primary amides is 1. The van der Waals surface area contributed by atoms with Crippen LogP contribution in [0.15, 0.2) is 24.3 Å². The minimum absolute atomic E-state index is 0.254. The summed E-state index contributed by atoms with van der Waals surface area (Å²) in [5.41, 5.74) is 6.77. The number of nitrogens with one attached hydrogen (secondary N) is 2. The van der Waals surface area contributed by atoms with Crippen LogP contribution in [0.3, 0.4) is 0 Å². The first-order valence-electron chi connectivity index (χ1n) is 6.15. The van der Waals surface area contributed by atoms with Crippen molar-refractivity contribution >= 4 is 5.91 Å². The van der Waals surface area contributed by atoms with Gasteiger partial charge in [0.05, 0.1) is 6.10 Å². The number of carbonyl (C=O) groups excluding carboxylic acids is 1. The predicted molar refractivity (Wildman–Crippen MR) is 69.0 cm³/mol. The van der Waals surface area contributed by atoms with Gasteiger partial charge in [-0.05, 0) is 17.7 Å². The maximum absolute atomic E-state index is 11.0. The summed E-state index contributed by atoms with van der Waals surface area (Å²) in [6.07, 6.45) is -0.269. The van der Waals surface area contributed by atoms with Gasteiger partial charge in [-0.15, -0.1) is 0 Å². The summed E-state index contributed by atoms with van der Waals surface area (Å²) >= 11 is 0. The van der Waals surface area contributed by atoms with Crippen LogP contribution in [-0.4, -0.2) is 36.8 Å².